The molecule has 2 aromatic heterocycles. The van der Waals surface area contributed by atoms with Crippen molar-refractivity contribution in [2.45, 2.75) is 13.0 Å². The highest BCUT2D eigenvalue weighted by molar-refractivity contribution is 6.31. The Morgan fingerprint density at radius 3 is 2.61 bits per heavy atom. The molecule has 3 amide bonds. The summed E-state index contributed by atoms with van der Waals surface area (Å²) in [7, 11) is 1.77. The van der Waals surface area contributed by atoms with E-state index in [2.05, 4.69) is 15.8 Å². The number of rotatable bonds is 4. The molecular formula is C29H24ClN5O3. The average Bonchev–Trinajstić information content (AvgIpc) is 3.51. The Balaban J connectivity index is 1.25. The Morgan fingerprint density at radius 1 is 1.00 bits per heavy atom. The number of carbonyl (C=O) groups excluding carboxylic acids is 3. The first-order chi connectivity index (χ1) is 18.3. The highest BCUT2D eigenvalue weighted by Crippen LogP contribution is 2.42. The third-order valence-electron chi connectivity index (χ3n) is 7.14. The molecule has 0 radical (unpaired) electrons. The van der Waals surface area contributed by atoms with Crippen molar-refractivity contribution in [3.8, 4) is 0 Å². The van der Waals surface area contributed by atoms with Crippen molar-refractivity contribution in [2.75, 3.05) is 6.54 Å². The lowest BCUT2D eigenvalue weighted by molar-refractivity contribution is -0.122. The van der Waals surface area contributed by atoms with Gasteiger partial charge in [-0.1, -0.05) is 48.0 Å². The van der Waals surface area contributed by atoms with Crippen LogP contribution in [0, 0.1) is 6.92 Å². The second kappa shape index (κ2) is 9.08. The fourth-order valence-corrected chi connectivity index (χ4v) is 5.60. The quantitative estimate of drug-likeness (QED) is 0.298. The molecular weight excluding hydrogens is 502 g/mol. The summed E-state index contributed by atoms with van der Waals surface area (Å²) in [6.07, 6.45) is 0. The van der Waals surface area contributed by atoms with E-state index in [1.54, 1.807) is 40.8 Å². The predicted octanol–water partition coefficient (Wildman–Crippen LogP) is 4.63. The smallest absolute Gasteiger partial charge is 0.286 e. The number of halogens is 1. The largest absolute Gasteiger partial charge is 0.358 e. The van der Waals surface area contributed by atoms with Crippen LogP contribution in [0.5, 0.6) is 0 Å². The zero-order valence-corrected chi connectivity index (χ0v) is 21.5. The molecule has 0 saturated heterocycles. The molecule has 0 aliphatic carbocycles. The lowest BCUT2D eigenvalue weighted by Crippen LogP contribution is -2.47. The van der Waals surface area contributed by atoms with Gasteiger partial charge in [0.25, 0.3) is 17.7 Å². The van der Waals surface area contributed by atoms with E-state index in [1.807, 2.05) is 55.5 Å². The van der Waals surface area contributed by atoms with E-state index in [4.69, 9.17) is 11.6 Å². The summed E-state index contributed by atoms with van der Waals surface area (Å²) < 4.78 is 1.73. The molecule has 1 unspecified atom stereocenters. The van der Waals surface area contributed by atoms with Gasteiger partial charge in [0.05, 0.1) is 6.04 Å². The number of hydrogen-bond acceptors (Lipinski definition) is 3. The normalized spacial score (nSPS) is 14.8. The average molecular weight is 526 g/mol. The standard InChI is InChI=1S/C29H24ClN5O3/c1-16-26(21-9-5-6-10-22(21)31-16)27-19-7-3-4-8-20(19)29(38)35(27)15-25(36)32-33-28(37)24-14-17-13-18(30)11-12-23(17)34(24)2/h3-14,27,31H,15H2,1-2H3,(H,32,36)(H,33,37). The van der Waals surface area contributed by atoms with Gasteiger partial charge in [-0.25, -0.2) is 0 Å². The fraction of sp³-hybridized carbons (Fsp3) is 0.138. The van der Waals surface area contributed by atoms with Crippen molar-refractivity contribution in [1.29, 1.82) is 0 Å². The van der Waals surface area contributed by atoms with E-state index in [1.165, 1.54) is 0 Å². The number of fused-ring (bicyclic) bond motifs is 3. The van der Waals surface area contributed by atoms with Gasteiger partial charge in [0, 0.05) is 50.7 Å². The maximum atomic E-state index is 13.5. The van der Waals surface area contributed by atoms with Gasteiger partial charge in [-0.2, -0.15) is 0 Å². The predicted molar refractivity (Wildman–Crippen MR) is 146 cm³/mol. The van der Waals surface area contributed by atoms with Crippen LogP contribution in [0.15, 0.2) is 72.8 Å². The number of hydrazine groups is 1. The monoisotopic (exact) mass is 525 g/mol. The molecule has 5 aromatic rings. The Kier molecular flexibility index (Phi) is 5.69. The van der Waals surface area contributed by atoms with Gasteiger partial charge in [0.2, 0.25) is 0 Å². The molecule has 8 nitrogen and oxygen atoms in total. The highest BCUT2D eigenvalue weighted by atomic mass is 35.5. The van der Waals surface area contributed by atoms with Gasteiger partial charge < -0.3 is 14.5 Å². The van der Waals surface area contributed by atoms with Gasteiger partial charge in [-0.15, -0.1) is 0 Å². The van der Waals surface area contributed by atoms with Crippen LogP contribution in [0.2, 0.25) is 5.02 Å². The number of amides is 3. The van der Waals surface area contributed by atoms with Gasteiger partial charge in [-0.05, 0) is 48.9 Å². The van der Waals surface area contributed by atoms with E-state index in [9.17, 15) is 14.4 Å². The number of aromatic amines is 1. The third kappa shape index (κ3) is 3.81. The first-order valence-corrected chi connectivity index (χ1v) is 12.5. The minimum atomic E-state index is -0.510. The number of nitrogens with one attached hydrogen (secondary N) is 3. The highest BCUT2D eigenvalue weighted by Gasteiger charge is 2.40. The lowest BCUT2D eigenvalue weighted by atomic mass is 9.95. The molecule has 0 spiro atoms. The van der Waals surface area contributed by atoms with Gasteiger partial charge >= 0.3 is 0 Å². The van der Waals surface area contributed by atoms with Crippen LogP contribution in [-0.2, 0) is 11.8 Å². The molecule has 1 atom stereocenters. The molecule has 1 aliphatic rings. The molecule has 9 heteroatoms. The molecule has 3 heterocycles. The van der Waals surface area contributed by atoms with Crippen molar-refractivity contribution in [3.05, 3.63) is 106 Å². The van der Waals surface area contributed by atoms with Crippen molar-refractivity contribution < 1.29 is 14.4 Å². The molecule has 3 N–H and O–H groups in total. The third-order valence-corrected chi connectivity index (χ3v) is 7.38. The van der Waals surface area contributed by atoms with E-state index < -0.39 is 17.9 Å². The first kappa shape index (κ1) is 23.8. The van der Waals surface area contributed by atoms with Crippen LogP contribution in [0.1, 0.15) is 43.7 Å². The summed E-state index contributed by atoms with van der Waals surface area (Å²) in [6, 6.07) is 21.9. The number of benzene rings is 3. The summed E-state index contributed by atoms with van der Waals surface area (Å²) in [5.41, 5.74) is 10.4. The second-order valence-corrected chi connectivity index (χ2v) is 9.86. The lowest BCUT2D eigenvalue weighted by Gasteiger charge is -2.25. The summed E-state index contributed by atoms with van der Waals surface area (Å²) in [6.45, 7) is 1.73. The number of para-hydroxylation sites is 1. The zero-order valence-electron chi connectivity index (χ0n) is 20.7. The topological polar surface area (TPSA) is 99.2 Å². The number of aryl methyl sites for hydroxylation is 2. The van der Waals surface area contributed by atoms with Crippen molar-refractivity contribution in [1.82, 2.24) is 25.3 Å². The number of carbonyl (C=O) groups is 3. The zero-order chi connectivity index (χ0) is 26.6. The van der Waals surface area contributed by atoms with Crippen molar-refractivity contribution >= 4 is 51.1 Å². The summed E-state index contributed by atoms with van der Waals surface area (Å²) in [5.74, 6) is -1.22. The number of aromatic nitrogens is 2. The summed E-state index contributed by atoms with van der Waals surface area (Å²) in [4.78, 5) is 44.3. The van der Waals surface area contributed by atoms with E-state index >= 15 is 0 Å². The van der Waals surface area contributed by atoms with Gasteiger partial charge in [0.15, 0.2) is 0 Å². The van der Waals surface area contributed by atoms with Crippen molar-refractivity contribution in [3.63, 3.8) is 0 Å². The minimum Gasteiger partial charge on any atom is -0.358 e. The van der Waals surface area contributed by atoms with E-state index in [0.29, 0.717) is 16.3 Å². The van der Waals surface area contributed by atoms with Crippen LogP contribution >= 0.6 is 11.6 Å². The Bertz CT molecular complexity index is 1770. The summed E-state index contributed by atoms with van der Waals surface area (Å²) >= 11 is 6.08. The molecule has 6 rings (SSSR count). The van der Waals surface area contributed by atoms with Crippen LogP contribution < -0.4 is 10.9 Å². The van der Waals surface area contributed by atoms with E-state index in [-0.39, 0.29) is 12.5 Å². The number of H-pyrrole nitrogens is 1. The minimum absolute atomic E-state index is 0.234. The molecule has 3 aromatic carbocycles. The van der Waals surface area contributed by atoms with E-state index in [0.717, 1.165) is 38.6 Å². The Hall–Kier alpha value is -4.56. The van der Waals surface area contributed by atoms with Gasteiger partial charge in [-0.3, -0.25) is 25.2 Å². The van der Waals surface area contributed by atoms with Crippen LogP contribution in [-0.4, -0.2) is 38.7 Å². The molecule has 1 aliphatic heterocycles. The maximum Gasteiger partial charge on any atom is 0.286 e. The fourth-order valence-electron chi connectivity index (χ4n) is 5.42. The number of hydrogen-bond donors (Lipinski definition) is 3. The SMILES string of the molecule is Cc1[nH]c2ccccc2c1C1c2ccccc2C(=O)N1CC(=O)NNC(=O)c1cc2cc(Cl)ccc2n1C. The summed E-state index contributed by atoms with van der Waals surface area (Å²) in [5, 5.41) is 2.38. The maximum absolute atomic E-state index is 13.5. The van der Waals surface area contributed by atoms with Crippen LogP contribution in [0.25, 0.3) is 21.8 Å². The van der Waals surface area contributed by atoms with Crippen molar-refractivity contribution in [2.24, 2.45) is 7.05 Å². The first-order valence-electron chi connectivity index (χ1n) is 12.1. The molecule has 38 heavy (non-hydrogen) atoms. The van der Waals surface area contributed by atoms with Crippen LogP contribution in [0.3, 0.4) is 0 Å². The Morgan fingerprint density at radius 2 is 1.76 bits per heavy atom. The second-order valence-electron chi connectivity index (χ2n) is 9.43. The van der Waals surface area contributed by atoms with Crippen LogP contribution in [0.4, 0.5) is 0 Å². The molecule has 0 saturated carbocycles. The van der Waals surface area contributed by atoms with Gasteiger partial charge in [0.1, 0.15) is 12.2 Å². The molecule has 190 valence electrons. The molecule has 0 fully saturated rings. The molecule has 0 bridgehead atoms. The Labute approximate surface area is 223 Å². The number of nitrogens with zero attached hydrogens (tertiary/aromatic N) is 2.